The quantitative estimate of drug-likeness (QED) is 0.782. The van der Waals surface area contributed by atoms with Gasteiger partial charge in [-0.05, 0) is 62.2 Å². The first kappa shape index (κ1) is 20.5. The van der Waals surface area contributed by atoms with Gasteiger partial charge in [0.05, 0.1) is 12.1 Å². The third kappa shape index (κ3) is 2.71. The molecule has 5 aliphatic rings. The van der Waals surface area contributed by atoms with Gasteiger partial charge < -0.3 is 14.9 Å². The van der Waals surface area contributed by atoms with Crippen LogP contribution in [-0.2, 0) is 5.41 Å². The number of benzene rings is 1. The summed E-state index contributed by atoms with van der Waals surface area (Å²) in [6, 6.07) is 10.5. The van der Waals surface area contributed by atoms with Crippen molar-refractivity contribution in [1.29, 1.82) is 0 Å². The number of piperidine rings is 3. The van der Waals surface area contributed by atoms with Crippen LogP contribution in [0.3, 0.4) is 0 Å². The van der Waals surface area contributed by atoms with Gasteiger partial charge in [-0.15, -0.1) is 0 Å². The van der Waals surface area contributed by atoms with Crippen LogP contribution in [0.1, 0.15) is 57.9 Å². The van der Waals surface area contributed by atoms with Crippen LogP contribution in [0, 0.1) is 17.8 Å². The lowest BCUT2D eigenvalue weighted by Gasteiger charge is -2.55. The summed E-state index contributed by atoms with van der Waals surface area (Å²) in [4.78, 5) is 8.15. The number of anilines is 1. The highest BCUT2D eigenvalue weighted by Gasteiger charge is 2.72. The van der Waals surface area contributed by atoms with Crippen molar-refractivity contribution in [2.45, 2.75) is 82.0 Å². The average molecular weight is 424 g/mol. The zero-order chi connectivity index (χ0) is 21.3. The molecule has 0 radical (unpaired) electrons. The van der Waals surface area contributed by atoms with E-state index in [1.54, 1.807) is 0 Å². The molecule has 4 nitrogen and oxygen atoms in total. The summed E-state index contributed by atoms with van der Waals surface area (Å²) in [5, 5.41) is 12.1. The van der Waals surface area contributed by atoms with Crippen molar-refractivity contribution in [1.82, 2.24) is 9.80 Å². The minimum Gasteiger partial charge on any atom is -0.392 e. The maximum atomic E-state index is 12.1. The molecule has 0 aromatic heterocycles. The second-order valence-electron chi connectivity index (χ2n) is 11.4. The molecule has 1 saturated carbocycles. The van der Waals surface area contributed by atoms with Crippen molar-refractivity contribution >= 4 is 5.69 Å². The zero-order valence-electron chi connectivity index (χ0n) is 19.7. The van der Waals surface area contributed by atoms with Gasteiger partial charge in [0.15, 0.2) is 0 Å². The topological polar surface area (TPSA) is 30.0 Å². The third-order valence-corrected chi connectivity index (χ3v) is 10.3. The number of aliphatic hydroxyl groups excluding tert-OH is 1. The fraction of sp³-hybridized carbons (Fsp3) is 0.778. The SMILES string of the molecule is CCC(C)C1CC2C3N(C)c4ccccc4C34CC(C1C4O)N2CCN1CCCCC1. The van der Waals surface area contributed by atoms with E-state index in [2.05, 4.69) is 59.9 Å². The van der Waals surface area contributed by atoms with Crippen molar-refractivity contribution in [3.05, 3.63) is 29.8 Å². The van der Waals surface area contributed by atoms with Crippen LogP contribution in [0.15, 0.2) is 24.3 Å². The second-order valence-corrected chi connectivity index (χ2v) is 11.4. The first-order chi connectivity index (χ1) is 15.1. The lowest BCUT2D eigenvalue weighted by molar-refractivity contribution is -0.0383. The Balaban J connectivity index is 1.38. The van der Waals surface area contributed by atoms with E-state index in [1.807, 2.05) is 0 Å². The Morgan fingerprint density at radius 2 is 1.87 bits per heavy atom. The summed E-state index contributed by atoms with van der Waals surface area (Å²) < 4.78 is 0. The summed E-state index contributed by atoms with van der Waals surface area (Å²) in [6.45, 7) is 9.74. The Labute approximate surface area is 188 Å². The molecule has 170 valence electrons. The highest BCUT2D eigenvalue weighted by atomic mass is 16.3. The maximum absolute atomic E-state index is 12.1. The lowest BCUT2D eigenvalue weighted by atomic mass is 9.67. The van der Waals surface area contributed by atoms with Crippen molar-refractivity contribution in [2.24, 2.45) is 17.8 Å². The van der Waals surface area contributed by atoms with Crippen LogP contribution >= 0.6 is 0 Å². The first-order valence-electron chi connectivity index (χ1n) is 13.1. The Morgan fingerprint density at radius 1 is 1.10 bits per heavy atom. The van der Waals surface area contributed by atoms with Crippen molar-refractivity contribution < 1.29 is 5.11 Å². The molecule has 4 aliphatic heterocycles. The summed E-state index contributed by atoms with van der Waals surface area (Å²) in [7, 11) is 2.30. The molecule has 0 amide bonds. The Hall–Kier alpha value is -1.10. The number of nitrogens with zero attached hydrogens (tertiary/aromatic N) is 3. The highest BCUT2D eigenvalue weighted by molar-refractivity contribution is 5.67. The molecule has 3 saturated heterocycles. The normalized spacial score (nSPS) is 42.6. The maximum Gasteiger partial charge on any atom is 0.0704 e. The molecule has 4 heterocycles. The lowest BCUT2D eigenvalue weighted by Crippen LogP contribution is -2.66. The smallest absolute Gasteiger partial charge is 0.0704 e. The van der Waals surface area contributed by atoms with Gasteiger partial charge in [0.25, 0.3) is 0 Å². The van der Waals surface area contributed by atoms with Crippen LogP contribution in [-0.4, -0.2) is 72.4 Å². The number of fused-ring (bicyclic) bond motifs is 3. The van der Waals surface area contributed by atoms with Crippen LogP contribution in [0.4, 0.5) is 5.69 Å². The standard InChI is InChI=1S/C27H41N3O/c1-4-18(2)19-16-22-25-27(20-10-6-7-11-21(20)28(25)3)17-23(24(19)26(27)31)30(22)15-14-29-12-8-5-9-13-29/h6-7,10-11,18-19,22-26,31H,4-5,8-9,12-17H2,1-3H3. The summed E-state index contributed by atoms with van der Waals surface area (Å²) >= 11 is 0. The first-order valence-corrected chi connectivity index (χ1v) is 13.1. The summed E-state index contributed by atoms with van der Waals surface area (Å²) in [5.74, 6) is 1.78. The molecule has 1 aliphatic carbocycles. The molecule has 8 atom stereocenters. The molecular weight excluding hydrogens is 382 g/mol. The number of likely N-dealkylation sites (tertiary alicyclic amines) is 1. The van der Waals surface area contributed by atoms with Gasteiger partial charge in [-0.1, -0.05) is 44.9 Å². The van der Waals surface area contributed by atoms with E-state index in [9.17, 15) is 5.11 Å². The average Bonchev–Trinajstić information content (AvgIpc) is 3.18. The Bertz CT molecular complexity index is 822. The molecule has 8 unspecified atom stereocenters. The minimum absolute atomic E-state index is 0.0603. The molecule has 4 heteroatoms. The van der Waals surface area contributed by atoms with E-state index in [0.29, 0.717) is 35.9 Å². The molecule has 1 aromatic carbocycles. The van der Waals surface area contributed by atoms with E-state index >= 15 is 0 Å². The minimum atomic E-state index is -0.211. The zero-order valence-corrected chi connectivity index (χ0v) is 19.7. The predicted molar refractivity (Wildman–Crippen MR) is 127 cm³/mol. The van der Waals surface area contributed by atoms with Gasteiger partial charge in [-0.2, -0.15) is 0 Å². The molecule has 1 spiro atoms. The van der Waals surface area contributed by atoms with E-state index in [0.717, 1.165) is 6.42 Å². The Kier molecular flexibility index (Phi) is 4.94. The van der Waals surface area contributed by atoms with E-state index in [1.165, 1.54) is 69.5 Å². The Morgan fingerprint density at radius 3 is 2.65 bits per heavy atom. The van der Waals surface area contributed by atoms with Gasteiger partial charge in [0, 0.05) is 49.2 Å². The number of aliphatic hydroxyl groups is 1. The second kappa shape index (κ2) is 7.46. The van der Waals surface area contributed by atoms with Crippen molar-refractivity contribution in [3.63, 3.8) is 0 Å². The fourth-order valence-corrected chi connectivity index (χ4v) is 8.82. The molecule has 6 rings (SSSR count). The monoisotopic (exact) mass is 423 g/mol. The number of para-hydroxylation sites is 1. The fourth-order valence-electron chi connectivity index (χ4n) is 8.82. The molecule has 3 bridgehead atoms. The van der Waals surface area contributed by atoms with Gasteiger partial charge >= 0.3 is 0 Å². The number of hydrogen-bond donors (Lipinski definition) is 1. The summed E-state index contributed by atoms with van der Waals surface area (Å²) in [5.41, 5.74) is 2.75. The molecular formula is C27H41N3O. The number of rotatable bonds is 5. The summed E-state index contributed by atoms with van der Waals surface area (Å²) in [6.07, 6.45) is 7.57. The van der Waals surface area contributed by atoms with Gasteiger partial charge in [0.1, 0.15) is 0 Å². The van der Waals surface area contributed by atoms with Crippen LogP contribution in [0.2, 0.25) is 0 Å². The number of likely N-dealkylation sites (N-methyl/N-ethyl adjacent to an activating group) is 1. The third-order valence-electron chi connectivity index (χ3n) is 10.3. The predicted octanol–water partition coefficient (Wildman–Crippen LogP) is 3.73. The molecule has 4 fully saturated rings. The van der Waals surface area contributed by atoms with Crippen LogP contribution in [0.25, 0.3) is 0 Å². The van der Waals surface area contributed by atoms with Crippen LogP contribution < -0.4 is 4.90 Å². The van der Waals surface area contributed by atoms with Crippen molar-refractivity contribution in [2.75, 3.05) is 38.1 Å². The number of hydrogen-bond acceptors (Lipinski definition) is 4. The van der Waals surface area contributed by atoms with Gasteiger partial charge in [0.2, 0.25) is 0 Å². The molecule has 1 N–H and O–H groups in total. The van der Waals surface area contributed by atoms with E-state index in [4.69, 9.17) is 0 Å². The van der Waals surface area contributed by atoms with Crippen molar-refractivity contribution in [3.8, 4) is 0 Å². The highest BCUT2D eigenvalue weighted by Crippen LogP contribution is 2.66. The largest absolute Gasteiger partial charge is 0.392 e. The molecule has 31 heavy (non-hydrogen) atoms. The van der Waals surface area contributed by atoms with Crippen LogP contribution in [0.5, 0.6) is 0 Å². The molecule has 1 aromatic rings. The van der Waals surface area contributed by atoms with E-state index < -0.39 is 0 Å². The van der Waals surface area contributed by atoms with E-state index in [-0.39, 0.29) is 11.5 Å². The van der Waals surface area contributed by atoms with Gasteiger partial charge in [-0.25, -0.2) is 0 Å². The van der Waals surface area contributed by atoms with Gasteiger partial charge in [-0.3, -0.25) is 4.90 Å².